The van der Waals surface area contributed by atoms with Gasteiger partial charge in [-0.3, -0.25) is 14.2 Å². The number of halogens is 1. The maximum absolute atomic E-state index is 12.4. The number of carbonyl (C=O) groups is 1. The van der Waals surface area contributed by atoms with E-state index < -0.39 is 11.2 Å². The monoisotopic (exact) mass is 387 g/mol. The zero-order valence-electron chi connectivity index (χ0n) is 14.8. The summed E-state index contributed by atoms with van der Waals surface area (Å²) in [5.41, 5.74) is 0.955. The van der Waals surface area contributed by atoms with E-state index >= 15 is 0 Å². The Bertz CT molecular complexity index is 1100. The molecule has 3 aromatic rings. The van der Waals surface area contributed by atoms with Crippen LogP contribution in [0.3, 0.4) is 0 Å². The molecular formula is C18H18ClN5O3. The average molecular weight is 388 g/mol. The van der Waals surface area contributed by atoms with Gasteiger partial charge >= 0.3 is 5.69 Å². The van der Waals surface area contributed by atoms with Crippen LogP contribution in [0.5, 0.6) is 0 Å². The molecule has 2 N–H and O–H groups in total. The van der Waals surface area contributed by atoms with Crippen LogP contribution in [-0.2, 0) is 24.8 Å². The standard InChI is InChI=1S/C18H18ClN5O3/c1-11-8-21-24(10-12-3-5-14(19)6-4-12)16(11)22-15(25)7-13-9-20-18(27)23(2)17(13)26/h3-6,8-9H,7,10H2,1-2H3,(H,20,27)(H,22,25). The van der Waals surface area contributed by atoms with Crippen LogP contribution in [0.2, 0.25) is 5.02 Å². The minimum absolute atomic E-state index is 0.158. The lowest BCUT2D eigenvalue weighted by Crippen LogP contribution is -2.35. The number of carbonyl (C=O) groups excluding carboxylic acids is 1. The van der Waals surface area contributed by atoms with Crippen molar-refractivity contribution < 1.29 is 4.79 Å². The molecule has 0 spiro atoms. The second-order valence-corrected chi connectivity index (χ2v) is 6.60. The van der Waals surface area contributed by atoms with Crippen LogP contribution in [0.25, 0.3) is 0 Å². The molecule has 2 heterocycles. The molecule has 0 saturated heterocycles. The van der Waals surface area contributed by atoms with Crippen LogP contribution in [0.4, 0.5) is 5.82 Å². The van der Waals surface area contributed by atoms with E-state index in [2.05, 4.69) is 15.4 Å². The third-order valence-electron chi connectivity index (χ3n) is 4.13. The van der Waals surface area contributed by atoms with Gasteiger partial charge in [-0.25, -0.2) is 9.48 Å². The fourth-order valence-electron chi connectivity index (χ4n) is 2.62. The zero-order valence-corrected chi connectivity index (χ0v) is 15.6. The summed E-state index contributed by atoms with van der Waals surface area (Å²) < 4.78 is 2.60. The molecule has 0 saturated carbocycles. The van der Waals surface area contributed by atoms with E-state index in [9.17, 15) is 14.4 Å². The van der Waals surface area contributed by atoms with Gasteiger partial charge in [-0.15, -0.1) is 0 Å². The summed E-state index contributed by atoms with van der Waals surface area (Å²) in [7, 11) is 1.36. The van der Waals surface area contributed by atoms with Gasteiger partial charge in [0.15, 0.2) is 0 Å². The largest absolute Gasteiger partial charge is 0.328 e. The number of nitrogens with one attached hydrogen (secondary N) is 2. The quantitative estimate of drug-likeness (QED) is 0.691. The molecule has 0 fully saturated rings. The molecule has 3 rings (SSSR count). The van der Waals surface area contributed by atoms with Gasteiger partial charge in [0.1, 0.15) is 5.82 Å². The second kappa shape index (κ2) is 7.63. The van der Waals surface area contributed by atoms with E-state index in [1.165, 1.54) is 13.2 Å². The van der Waals surface area contributed by atoms with Gasteiger partial charge in [-0.1, -0.05) is 23.7 Å². The van der Waals surface area contributed by atoms with Gasteiger partial charge in [-0.05, 0) is 24.6 Å². The lowest BCUT2D eigenvalue weighted by molar-refractivity contribution is -0.115. The smallest absolute Gasteiger partial charge is 0.314 e. The fourth-order valence-corrected chi connectivity index (χ4v) is 2.74. The van der Waals surface area contributed by atoms with Crippen LogP contribution in [-0.4, -0.2) is 25.2 Å². The third kappa shape index (κ3) is 4.17. The SMILES string of the molecule is Cc1cnn(Cc2ccc(Cl)cc2)c1NC(=O)Cc1c[nH]c(=O)n(C)c1=O. The van der Waals surface area contributed by atoms with Crippen LogP contribution >= 0.6 is 11.6 Å². The highest BCUT2D eigenvalue weighted by Crippen LogP contribution is 2.17. The Balaban J connectivity index is 1.77. The highest BCUT2D eigenvalue weighted by Gasteiger charge is 2.14. The van der Waals surface area contributed by atoms with Gasteiger partial charge < -0.3 is 10.3 Å². The van der Waals surface area contributed by atoms with Crippen molar-refractivity contribution in [3.05, 3.63) is 79.2 Å². The lowest BCUT2D eigenvalue weighted by atomic mass is 10.2. The molecule has 0 aliphatic carbocycles. The minimum atomic E-state index is -0.527. The molecule has 0 aliphatic heterocycles. The first kappa shape index (κ1) is 18.7. The summed E-state index contributed by atoms with van der Waals surface area (Å²) in [5.74, 6) is 0.177. The molecule has 0 aliphatic rings. The molecule has 0 radical (unpaired) electrons. The Kier molecular flexibility index (Phi) is 5.27. The summed E-state index contributed by atoms with van der Waals surface area (Å²) in [6.07, 6.45) is 2.77. The van der Waals surface area contributed by atoms with Gasteiger partial charge in [-0.2, -0.15) is 5.10 Å². The molecule has 0 unspecified atom stereocenters. The number of rotatable bonds is 5. The molecule has 1 amide bonds. The lowest BCUT2D eigenvalue weighted by Gasteiger charge is -2.11. The van der Waals surface area contributed by atoms with Crippen LogP contribution in [0.15, 0.2) is 46.2 Å². The predicted molar refractivity (Wildman–Crippen MR) is 102 cm³/mol. The maximum Gasteiger partial charge on any atom is 0.328 e. The van der Waals surface area contributed by atoms with Crippen molar-refractivity contribution >= 4 is 23.3 Å². The van der Waals surface area contributed by atoms with Crippen molar-refractivity contribution in [2.24, 2.45) is 7.05 Å². The number of amides is 1. The van der Waals surface area contributed by atoms with Gasteiger partial charge in [0.25, 0.3) is 5.56 Å². The summed E-state index contributed by atoms with van der Waals surface area (Å²) in [4.78, 5) is 38.3. The van der Waals surface area contributed by atoms with E-state index in [4.69, 9.17) is 11.6 Å². The van der Waals surface area contributed by atoms with Crippen molar-refractivity contribution in [2.75, 3.05) is 5.32 Å². The molecule has 140 valence electrons. The van der Waals surface area contributed by atoms with Gasteiger partial charge in [0.05, 0.1) is 19.2 Å². The van der Waals surface area contributed by atoms with Crippen LogP contribution in [0.1, 0.15) is 16.7 Å². The molecule has 0 bridgehead atoms. The Labute approximate surface area is 159 Å². The molecule has 2 aromatic heterocycles. The summed E-state index contributed by atoms with van der Waals surface area (Å²) >= 11 is 5.90. The predicted octanol–water partition coefficient (Wildman–Crippen LogP) is 1.46. The normalized spacial score (nSPS) is 10.8. The summed E-state index contributed by atoms with van der Waals surface area (Å²) in [6.45, 7) is 2.29. The third-order valence-corrected chi connectivity index (χ3v) is 4.38. The Hall–Kier alpha value is -3.13. The number of aromatic amines is 1. The Morgan fingerprint density at radius 2 is 1.96 bits per heavy atom. The van der Waals surface area contributed by atoms with Crippen LogP contribution in [0, 0.1) is 6.92 Å². The van der Waals surface area contributed by atoms with Crippen molar-refractivity contribution in [1.29, 1.82) is 0 Å². The van der Waals surface area contributed by atoms with Crippen molar-refractivity contribution in [3.63, 3.8) is 0 Å². The number of anilines is 1. The highest BCUT2D eigenvalue weighted by molar-refractivity contribution is 6.30. The number of hydrogen-bond donors (Lipinski definition) is 2. The Morgan fingerprint density at radius 3 is 2.67 bits per heavy atom. The van der Waals surface area contributed by atoms with Crippen molar-refractivity contribution in [2.45, 2.75) is 19.9 Å². The molecule has 1 aromatic carbocycles. The number of nitrogens with zero attached hydrogens (tertiary/aromatic N) is 3. The first-order valence-electron chi connectivity index (χ1n) is 8.19. The van der Waals surface area contributed by atoms with E-state index in [1.807, 2.05) is 19.1 Å². The van der Waals surface area contributed by atoms with E-state index in [-0.39, 0.29) is 17.9 Å². The molecule has 8 nitrogen and oxygen atoms in total. The molecule has 27 heavy (non-hydrogen) atoms. The molecule has 0 atom stereocenters. The number of benzene rings is 1. The topological polar surface area (TPSA) is 102 Å². The van der Waals surface area contributed by atoms with E-state index in [0.717, 1.165) is 15.7 Å². The number of hydrogen-bond acceptors (Lipinski definition) is 4. The van der Waals surface area contributed by atoms with E-state index in [0.29, 0.717) is 17.4 Å². The average Bonchev–Trinajstić information content (AvgIpc) is 2.97. The van der Waals surface area contributed by atoms with Gasteiger partial charge in [0, 0.05) is 29.4 Å². The van der Waals surface area contributed by atoms with Crippen molar-refractivity contribution in [1.82, 2.24) is 19.3 Å². The summed E-state index contributed by atoms with van der Waals surface area (Å²) in [5, 5.41) is 7.73. The molecular weight excluding hydrogens is 370 g/mol. The number of aryl methyl sites for hydroxylation is 1. The fraction of sp³-hybridized carbons (Fsp3) is 0.222. The maximum atomic E-state index is 12.4. The summed E-state index contributed by atoms with van der Waals surface area (Å²) in [6, 6.07) is 7.35. The number of aromatic nitrogens is 4. The minimum Gasteiger partial charge on any atom is -0.314 e. The highest BCUT2D eigenvalue weighted by atomic mass is 35.5. The first-order valence-corrected chi connectivity index (χ1v) is 8.57. The van der Waals surface area contributed by atoms with E-state index in [1.54, 1.807) is 23.0 Å². The first-order chi connectivity index (χ1) is 12.8. The number of H-pyrrole nitrogens is 1. The second-order valence-electron chi connectivity index (χ2n) is 6.17. The molecule has 9 heteroatoms. The van der Waals surface area contributed by atoms with Crippen LogP contribution < -0.4 is 16.6 Å². The Morgan fingerprint density at radius 1 is 1.26 bits per heavy atom. The van der Waals surface area contributed by atoms with Crippen molar-refractivity contribution in [3.8, 4) is 0 Å². The van der Waals surface area contributed by atoms with Gasteiger partial charge in [0.2, 0.25) is 5.91 Å². The zero-order chi connectivity index (χ0) is 19.6.